The summed E-state index contributed by atoms with van der Waals surface area (Å²) in [7, 11) is 0. The van der Waals surface area contributed by atoms with Crippen molar-refractivity contribution in [2.45, 2.75) is 32.7 Å². The number of nitrogens with zero attached hydrogens (tertiary/aromatic N) is 3. The van der Waals surface area contributed by atoms with Crippen molar-refractivity contribution in [2.24, 2.45) is 0 Å². The summed E-state index contributed by atoms with van der Waals surface area (Å²) in [6, 6.07) is 4.87. The molecule has 2 saturated heterocycles. The Morgan fingerprint density at radius 2 is 1.58 bits per heavy atom. The number of hydrogen-bond donors (Lipinski definition) is 1. The van der Waals surface area contributed by atoms with E-state index in [4.69, 9.17) is 16.7 Å². The number of halogens is 1. The highest BCUT2D eigenvalue weighted by Gasteiger charge is 2.28. The van der Waals surface area contributed by atoms with Crippen LogP contribution in [0.15, 0.2) is 12.1 Å². The lowest BCUT2D eigenvalue weighted by atomic mass is 10.0. The second-order valence-corrected chi connectivity index (χ2v) is 7.64. The van der Waals surface area contributed by atoms with Crippen molar-refractivity contribution in [3.05, 3.63) is 28.3 Å². The summed E-state index contributed by atoms with van der Waals surface area (Å²) >= 11 is 6.17. The van der Waals surface area contributed by atoms with Crippen molar-refractivity contribution in [3.8, 4) is 0 Å². The van der Waals surface area contributed by atoms with Gasteiger partial charge in [0.2, 0.25) is 0 Å². The summed E-state index contributed by atoms with van der Waals surface area (Å²) in [5, 5.41) is 9.90. The first-order valence-electron chi connectivity index (χ1n) is 9.17. The number of piperazine rings is 1. The van der Waals surface area contributed by atoms with E-state index < -0.39 is 0 Å². The molecule has 0 aliphatic carbocycles. The minimum atomic E-state index is 0.281. The maximum Gasteiger partial charge on any atom is 0.0558 e. The number of aryl methyl sites for hydroxylation is 2. The fourth-order valence-corrected chi connectivity index (χ4v) is 4.69. The number of anilines is 1. The van der Waals surface area contributed by atoms with Crippen LogP contribution in [0.2, 0.25) is 5.02 Å². The average molecular weight is 352 g/mol. The summed E-state index contributed by atoms with van der Waals surface area (Å²) in [4.78, 5) is 7.58. The zero-order valence-electron chi connectivity index (χ0n) is 15.0. The van der Waals surface area contributed by atoms with Crippen LogP contribution in [-0.2, 0) is 0 Å². The molecule has 0 spiro atoms. The molecule has 0 bridgehead atoms. The molecule has 2 aliphatic heterocycles. The van der Waals surface area contributed by atoms with E-state index in [2.05, 4.69) is 40.7 Å². The van der Waals surface area contributed by atoms with Gasteiger partial charge in [-0.1, -0.05) is 11.6 Å². The number of aliphatic hydroxyl groups is 1. The molecule has 1 aromatic carbocycles. The van der Waals surface area contributed by atoms with Gasteiger partial charge in [0.25, 0.3) is 0 Å². The molecule has 0 unspecified atom stereocenters. The first-order chi connectivity index (χ1) is 11.6. The monoisotopic (exact) mass is 351 g/mol. The van der Waals surface area contributed by atoms with E-state index in [0.29, 0.717) is 0 Å². The number of hydrogen-bond acceptors (Lipinski definition) is 4. The lowest BCUT2D eigenvalue weighted by molar-refractivity contribution is 0.0924. The molecule has 0 atom stereocenters. The third kappa shape index (κ3) is 4.05. The molecule has 0 radical (unpaired) electrons. The fourth-order valence-electron chi connectivity index (χ4n) is 4.36. The molecule has 5 heteroatoms. The largest absolute Gasteiger partial charge is 0.395 e. The predicted octanol–water partition coefficient (Wildman–Crippen LogP) is 2.54. The Bertz CT molecular complexity index is 527. The van der Waals surface area contributed by atoms with Gasteiger partial charge >= 0.3 is 0 Å². The van der Waals surface area contributed by atoms with Crippen molar-refractivity contribution in [2.75, 3.05) is 57.3 Å². The smallest absolute Gasteiger partial charge is 0.0558 e. The summed E-state index contributed by atoms with van der Waals surface area (Å²) < 4.78 is 0. The van der Waals surface area contributed by atoms with Crippen LogP contribution in [0.3, 0.4) is 0 Å². The predicted molar refractivity (Wildman–Crippen MR) is 101 cm³/mol. The molecule has 0 amide bonds. The van der Waals surface area contributed by atoms with Crippen molar-refractivity contribution in [1.29, 1.82) is 0 Å². The molecule has 4 nitrogen and oxygen atoms in total. The van der Waals surface area contributed by atoms with Gasteiger partial charge in [0.05, 0.1) is 6.61 Å². The lowest BCUT2D eigenvalue weighted by Gasteiger charge is -2.44. The first-order valence-corrected chi connectivity index (χ1v) is 9.55. The molecule has 0 saturated carbocycles. The number of piperidine rings is 1. The quantitative estimate of drug-likeness (QED) is 0.902. The van der Waals surface area contributed by atoms with E-state index in [1.165, 1.54) is 29.7 Å². The molecule has 0 aromatic heterocycles. The molecule has 134 valence electrons. The zero-order chi connectivity index (χ0) is 17.1. The highest BCUT2D eigenvalue weighted by Crippen LogP contribution is 2.30. The van der Waals surface area contributed by atoms with E-state index in [0.717, 1.165) is 56.9 Å². The van der Waals surface area contributed by atoms with Crippen LogP contribution in [0.5, 0.6) is 0 Å². The van der Waals surface area contributed by atoms with Crippen LogP contribution in [0.4, 0.5) is 5.69 Å². The third-order valence-corrected chi connectivity index (χ3v) is 5.79. The van der Waals surface area contributed by atoms with E-state index in [1.807, 2.05) is 0 Å². The number of benzene rings is 1. The maximum atomic E-state index is 9.07. The van der Waals surface area contributed by atoms with Crippen LogP contribution in [0.25, 0.3) is 0 Å². The second kappa shape index (κ2) is 8.05. The van der Waals surface area contributed by atoms with Crippen molar-refractivity contribution < 1.29 is 5.11 Å². The van der Waals surface area contributed by atoms with Gasteiger partial charge in [-0.2, -0.15) is 0 Å². The molecule has 1 N–H and O–H groups in total. The van der Waals surface area contributed by atoms with Crippen LogP contribution >= 0.6 is 11.6 Å². The van der Waals surface area contributed by atoms with Crippen LogP contribution in [0.1, 0.15) is 24.0 Å². The van der Waals surface area contributed by atoms with Crippen LogP contribution in [0, 0.1) is 13.8 Å². The highest BCUT2D eigenvalue weighted by molar-refractivity contribution is 6.30. The standard InChI is InChI=1S/C19H30ClN3O/c1-15-13-17(20)14-16(2)19(15)23-9-7-22(8-10-23)18-3-5-21(6-4-18)11-12-24/h13-14,18,24H,3-12H2,1-2H3. The molecule has 2 fully saturated rings. The molecule has 2 aliphatic rings. The van der Waals surface area contributed by atoms with Gasteiger partial charge in [0.15, 0.2) is 0 Å². The van der Waals surface area contributed by atoms with Crippen molar-refractivity contribution in [1.82, 2.24) is 9.80 Å². The Labute approximate surface area is 151 Å². The average Bonchev–Trinajstić information content (AvgIpc) is 2.56. The Kier molecular flexibility index (Phi) is 6.03. The Hall–Kier alpha value is -0.810. The van der Waals surface area contributed by atoms with E-state index in [-0.39, 0.29) is 6.61 Å². The van der Waals surface area contributed by atoms with E-state index >= 15 is 0 Å². The number of aliphatic hydroxyl groups excluding tert-OH is 1. The first kappa shape index (κ1) is 18.0. The molecular formula is C19H30ClN3O. The van der Waals surface area contributed by atoms with Gasteiger partial charge < -0.3 is 14.9 Å². The van der Waals surface area contributed by atoms with Gasteiger partial charge in [0, 0.05) is 49.5 Å². The number of likely N-dealkylation sites (tertiary alicyclic amines) is 1. The summed E-state index contributed by atoms with van der Waals surface area (Å²) in [5.74, 6) is 0. The number of rotatable bonds is 4. The van der Waals surface area contributed by atoms with E-state index in [9.17, 15) is 0 Å². The lowest BCUT2D eigenvalue weighted by Crippen LogP contribution is -2.53. The highest BCUT2D eigenvalue weighted by atomic mass is 35.5. The molecule has 3 rings (SSSR count). The fraction of sp³-hybridized carbons (Fsp3) is 0.684. The zero-order valence-corrected chi connectivity index (χ0v) is 15.7. The maximum absolute atomic E-state index is 9.07. The Morgan fingerprint density at radius 3 is 2.12 bits per heavy atom. The Morgan fingerprint density at radius 1 is 1.00 bits per heavy atom. The summed E-state index contributed by atoms with van der Waals surface area (Å²) in [6.45, 7) is 12.2. The normalized spacial score (nSPS) is 21.4. The minimum absolute atomic E-state index is 0.281. The summed E-state index contributed by atoms with van der Waals surface area (Å²) in [6.07, 6.45) is 2.47. The SMILES string of the molecule is Cc1cc(Cl)cc(C)c1N1CCN(C2CCN(CCO)CC2)CC1. The van der Waals surface area contributed by atoms with Gasteiger partial charge in [-0.3, -0.25) is 4.90 Å². The minimum Gasteiger partial charge on any atom is -0.395 e. The van der Waals surface area contributed by atoms with Crippen molar-refractivity contribution in [3.63, 3.8) is 0 Å². The Balaban J connectivity index is 1.55. The van der Waals surface area contributed by atoms with Gasteiger partial charge in [-0.05, 0) is 63.0 Å². The number of β-amino-alcohol motifs (C(OH)–C–C–N with tert-alkyl or cyclic N) is 1. The van der Waals surface area contributed by atoms with Gasteiger partial charge in [-0.25, -0.2) is 0 Å². The summed E-state index contributed by atoms with van der Waals surface area (Å²) in [5.41, 5.74) is 3.94. The molecule has 1 aromatic rings. The molecular weight excluding hydrogens is 322 g/mol. The van der Waals surface area contributed by atoms with Crippen LogP contribution in [-0.4, -0.2) is 73.4 Å². The topological polar surface area (TPSA) is 30.0 Å². The van der Waals surface area contributed by atoms with Gasteiger partial charge in [-0.15, -0.1) is 0 Å². The molecule has 24 heavy (non-hydrogen) atoms. The van der Waals surface area contributed by atoms with E-state index in [1.54, 1.807) is 0 Å². The van der Waals surface area contributed by atoms with Crippen LogP contribution < -0.4 is 4.90 Å². The second-order valence-electron chi connectivity index (χ2n) is 7.21. The molecule has 2 heterocycles. The third-order valence-electron chi connectivity index (χ3n) is 5.58. The van der Waals surface area contributed by atoms with Gasteiger partial charge in [0.1, 0.15) is 0 Å². The van der Waals surface area contributed by atoms with Crippen molar-refractivity contribution >= 4 is 17.3 Å².